The molecule has 4 rings (SSSR count). The molecule has 1 aromatic heterocycles. The number of hydrogen-bond acceptors (Lipinski definition) is 4. The van der Waals surface area contributed by atoms with Gasteiger partial charge in [0.2, 0.25) is 0 Å². The summed E-state index contributed by atoms with van der Waals surface area (Å²) in [4.78, 5) is 14.5. The third kappa shape index (κ3) is 3.26. The molecule has 0 spiro atoms. The first-order valence-corrected chi connectivity index (χ1v) is 9.01. The molecule has 27 heavy (non-hydrogen) atoms. The predicted molar refractivity (Wildman–Crippen MR) is 95.4 cm³/mol. The number of carbonyl (C=O) groups is 1. The van der Waals surface area contributed by atoms with E-state index in [1.165, 1.54) is 18.2 Å². The van der Waals surface area contributed by atoms with E-state index in [9.17, 15) is 9.18 Å². The lowest BCUT2D eigenvalue weighted by Gasteiger charge is -2.33. The first kappa shape index (κ1) is 17.5. The van der Waals surface area contributed by atoms with E-state index in [1.807, 2.05) is 6.92 Å². The molecule has 2 aromatic rings. The molecule has 2 aliphatic rings. The van der Waals surface area contributed by atoms with Gasteiger partial charge in [0.1, 0.15) is 18.0 Å². The van der Waals surface area contributed by atoms with Gasteiger partial charge >= 0.3 is 6.03 Å². The molecule has 2 atom stereocenters. The summed E-state index contributed by atoms with van der Waals surface area (Å²) in [5.41, 5.74) is 3.25. The molecule has 2 amide bonds. The summed E-state index contributed by atoms with van der Waals surface area (Å²) >= 11 is 0. The van der Waals surface area contributed by atoms with E-state index in [2.05, 4.69) is 15.5 Å². The van der Waals surface area contributed by atoms with Crippen molar-refractivity contribution < 1.29 is 13.9 Å². The zero-order chi connectivity index (χ0) is 19.0. The molecule has 1 saturated heterocycles. The Hall–Kier alpha value is -2.92. The smallest absolute Gasteiger partial charge is 0.322 e. The van der Waals surface area contributed by atoms with Gasteiger partial charge < -0.3 is 15.0 Å². The minimum atomic E-state index is -0.605. The second kappa shape index (κ2) is 7.00. The minimum absolute atomic E-state index is 0.0152. The number of benzene rings is 1. The van der Waals surface area contributed by atoms with Gasteiger partial charge in [-0.05, 0) is 38.0 Å². The quantitative estimate of drug-likeness (QED) is 0.850. The molecular formula is C19H20FN5O2. The molecule has 7 nitrogen and oxygen atoms in total. The van der Waals surface area contributed by atoms with Crippen LogP contribution in [0.4, 0.5) is 14.9 Å². The maximum Gasteiger partial charge on any atom is 0.322 e. The van der Waals surface area contributed by atoms with Crippen molar-refractivity contribution in [2.45, 2.75) is 44.9 Å². The first-order chi connectivity index (χ1) is 13.1. The number of hydrogen-bond donors (Lipinski definition) is 2. The standard InChI is InChI=1S/C19H20FN5O2/c1-11-7-16-14(18(24-23-16)17-3-2-6-27-17)10-25(11)19(26)22-13-4-5-15(20)12(8-13)9-21/h4-5,8,11,17H,2-3,6-7,10H2,1H3,(H,22,26)(H,23,24)/t11-,17?/m0/s1. The van der Waals surface area contributed by atoms with Crippen LogP contribution in [0.5, 0.6) is 0 Å². The zero-order valence-corrected chi connectivity index (χ0v) is 15.0. The molecule has 1 fully saturated rings. The van der Waals surface area contributed by atoms with Crippen LogP contribution in [0.25, 0.3) is 0 Å². The molecule has 8 heteroatoms. The number of rotatable bonds is 2. The van der Waals surface area contributed by atoms with E-state index in [0.717, 1.165) is 36.4 Å². The Labute approximate surface area is 156 Å². The van der Waals surface area contributed by atoms with Crippen LogP contribution in [0.2, 0.25) is 0 Å². The van der Waals surface area contributed by atoms with E-state index >= 15 is 0 Å². The maximum atomic E-state index is 13.5. The fraction of sp³-hybridized carbons (Fsp3) is 0.421. The van der Waals surface area contributed by atoms with Gasteiger partial charge in [0.25, 0.3) is 0 Å². The number of nitrogens with one attached hydrogen (secondary N) is 2. The number of amides is 2. The monoisotopic (exact) mass is 369 g/mol. The summed E-state index contributed by atoms with van der Waals surface area (Å²) < 4.78 is 19.2. The summed E-state index contributed by atoms with van der Waals surface area (Å²) in [5, 5.41) is 19.3. The summed E-state index contributed by atoms with van der Waals surface area (Å²) in [6.45, 7) is 3.14. The van der Waals surface area contributed by atoms with Gasteiger partial charge in [0.15, 0.2) is 0 Å². The Bertz CT molecular complexity index is 913. The van der Waals surface area contributed by atoms with Gasteiger partial charge in [-0.1, -0.05) is 0 Å². The largest absolute Gasteiger partial charge is 0.372 e. The lowest BCUT2D eigenvalue weighted by Crippen LogP contribution is -2.45. The highest BCUT2D eigenvalue weighted by molar-refractivity contribution is 5.90. The number of anilines is 1. The van der Waals surface area contributed by atoms with Gasteiger partial charge in [0, 0.05) is 36.0 Å². The van der Waals surface area contributed by atoms with E-state index in [0.29, 0.717) is 18.7 Å². The van der Waals surface area contributed by atoms with Crippen LogP contribution in [0, 0.1) is 17.1 Å². The predicted octanol–water partition coefficient (Wildman–Crippen LogP) is 3.25. The molecule has 140 valence electrons. The van der Waals surface area contributed by atoms with E-state index in [4.69, 9.17) is 10.00 Å². The van der Waals surface area contributed by atoms with Crippen molar-refractivity contribution in [2.24, 2.45) is 0 Å². The Morgan fingerprint density at radius 1 is 1.52 bits per heavy atom. The number of fused-ring (bicyclic) bond motifs is 1. The number of halogens is 1. The lowest BCUT2D eigenvalue weighted by atomic mass is 9.97. The van der Waals surface area contributed by atoms with Gasteiger partial charge in [-0.15, -0.1) is 0 Å². The maximum absolute atomic E-state index is 13.5. The number of nitriles is 1. The third-order valence-corrected chi connectivity index (χ3v) is 5.18. The number of carbonyl (C=O) groups excluding carboxylic acids is 1. The van der Waals surface area contributed by atoms with Gasteiger partial charge in [-0.2, -0.15) is 10.4 Å². The van der Waals surface area contributed by atoms with Crippen molar-refractivity contribution in [2.75, 3.05) is 11.9 Å². The van der Waals surface area contributed by atoms with Crippen LogP contribution in [-0.4, -0.2) is 33.8 Å². The van der Waals surface area contributed by atoms with Crippen LogP contribution >= 0.6 is 0 Å². The highest BCUT2D eigenvalue weighted by atomic mass is 19.1. The van der Waals surface area contributed by atoms with Gasteiger partial charge in [0.05, 0.1) is 17.8 Å². The van der Waals surface area contributed by atoms with Crippen molar-refractivity contribution in [3.63, 3.8) is 0 Å². The summed E-state index contributed by atoms with van der Waals surface area (Å²) in [7, 11) is 0. The van der Waals surface area contributed by atoms with Crippen molar-refractivity contribution in [1.29, 1.82) is 5.26 Å². The van der Waals surface area contributed by atoms with E-state index < -0.39 is 5.82 Å². The average Bonchev–Trinajstić information content (AvgIpc) is 3.31. The lowest BCUT2D eigenvalue weighted by molar-refractivity contribution is 0.106. The van der Waals surface area contributed by atoms with Crippen LogP contribution in [-0.2, 0) is 17.7 Å². The van der Waals surface area contributed by atoms with Gasteiger partial charge in [-0.3, -0.25) is 5.10 Å². The second-order valence-corrected chi connectivity index (χ2v) is 6.99. The number of aromatic nitrogens is 2. The number of nitrogens with zero attached hydrogens (tertiary/aromatic N) is 3. The summed E-state index contributed by atoms with van der Waals surface area (Å²) in [5.74, 6) is -0.605. The summed E-state index contributed by atoms with van der Waals surface area (Å²) in [6, 6.07) is 5.43. The van der Waals surface area contributed by atoms with E-state index in [1.54, 1.807) is 11.0 Å². The number of H-pyrrole nitrogens is 1. The summed E-state index contributed by atoms with van der Waals surface area (Å²) in [6.07, 6.45) is 2.61. The Balaban J connectivity index is 1.53. The highest BCUT2D eigenvalue weighted by Gasteiger charge is 2.33. The zero-order valence-electron chi connectivity index (χ0n) is 15.0. The number of urea groups is 1. The number of ether oxygens (including phenoxy) is 1. The van der Waals surface area contributed by atoms with Crippen molar-refractivity contribution in [3.05, 3.63) is 46.5 Å². The second-order valence-electron chi connectivity index (χ2n) is 6.99. The molecule has 0 aliphatic carbocycles. The van der Waals surface area contributed by atoms with Crippen LogP contribution in [0.15, 0.2) is 18.2 Å². The average molecular weight is 369 g/mol. The molecule has 1 aromatic carbocycles. The molecule has 0 radical (unpaired) electrons. The Kier molecular flexibility index (Phi) is 4.54. The molecular weight excluding hydrogens is 349 g/mol. The van der Waals surface area contributed by atoms with Crippen molar-refractivity contribution in [3.8, 4) is 6.07 Å². The first-order valence-electron chi connectivity index (χ1n) is 9.01. The Morgan fingerprint density at radius 3 is 3.11 bits per heavy atom. The fourth-order valence-electron chi connectivity index (χ4n) is 3.71. The molecule has 1 unspecified atom stereocenters. The molecule has 0 saturated carbocycles. The minimum Gasteiger partial charge on any atom is -0.372 e. The van der Waals surface area contributed by atoms with Crippen molar-refractivity contribution >= 4 is 11.7 Å². The molecule has 2 N–H and O–H groups in total. The highest BCUT2D eigenvalue weighted by Crippen LogP contribution is 2.34. The molecule has 3 heterocycles. The SMILES string of the molecule is C[C@H]1Cc2[nH]nc(C3CCCO3)c2CN1C(=O)Nc1ccc(F)c(C#N)c1. The fourth-order valence-corrected chi connectivity index (χ4v) is 3.71. The third-order valence-electron chi connectivity index (χ3n) is 5.18. The van der Waals surface area contributed by atoms with Crippen LogP contribution in [0.3, 0.4) is 0 Å². The van der Waals surface area contributed by atoms with Crippen molar-refractivity contribution in [1.82, 2.24) is 15.1 Å². The number of aromatic amines is 1. The van der Waals surface area contributed by atoms with Crippen LogP contribution < -0.4 is 5.32 Å². The molecule has 2 aliphatic heterocycles. The van der Waals surface area contributed by atoms with Crippen LogP contribution in [0.1, 0.15) is 48.4 Å². The topological polar surface area (TPSA) is 94.0 Å². The normalized spacial score (nSPS) is 21.6. The van der Waals surface area contributed by atoms with E-state index in [-0.39, 0.29) is 23.7 Å². The Morgan fingerprint density at radius 2 is 2.37 bits per heavy atom. The van der Waals surface area contributed by atoms with Gasteiger partial charge in [-0.25, -0.2) is 9.18 Å². The molecule has 0 bridgehead atoms.